The molecule has 0 amide bonds. The predicted octanol–water partition coefficient (Wildman–Crippen LogP) is 1.29. The molecule has 1 aromatic carbocycles. The molecule has 0 aliphatic rings. The largest absolute Gasteiger partial charge is 0.314 e. The molecular formula is C8H10ClN3. The van der Waals surface area contributed by atoms with E-state index in [1.807, 2.05) is 6.07 Å². The lowest BCUT2D eigenvalue weighted by atomic mass is 10.2. The van der Waals surface area contributed by atoms with Crippen molar-refractivity contribution in [2.75, 3.05) is 12.1 Å². The van der Waals surface area contributed by atoms with Crippen molar-refractivity contribution in [1.82, 2.24) is 0 Å². The number of hydrogen-bond acceptors (Lipinski definition) is 3. The summed E-state index contributed by atoms with van der Waals surface area (Å²) in [5, 5.41) is 9.97. The lowest BCUT2D eigenvalue weighted by molar-refractivity contribution is 1.02. The zero-order valence-electron chi connectivity index (χ0n) is 6.69. The van der Waals surface area contributed by atoms with Gasteiger partial charge in [-0.2, -0.15) is 5.26 Å². The van der Waals surface area contributed by atoms with Gasteiger partial charge < -0.3 is 5.01 Å². The lowest BCUT2D eigenvalue weighted by Crippen LogP contribution is -2.24. The van der Waals surface area contributed by atoms with Gasteiger partial charge in [-0.05, 0) is 24.3 Å². The maximum Gasteiger partial charge on any atom is 0.0991 e. The van der Waals surface area contributed by atoms with E-state index in [1.165, 1.54) is 5.01 Å². The summed E-state index contributed by atoms with van der Waals surface area (Å²) in [5.74, 6) is 5.46. The SMILES string of the molecule is CN(N)c1ccc(C#N)cc1.Cl. The van der Waals surface area contributed by atoms with Crippen molar-refractivity contribution in [2.45, 2.75) is 0 Å². The Morgan fingerprint density at radius 3 is 2.17 bits per heavy atom. The Labute approximate surface area is 77.8 Å². The van der Waals surface area contributed by atoms with Gasteiger partial charge in [0.15, 0.2) is 0 Å². The van der Waals surface area contributed by atoms with Gasteiger partial charge >= 0.3 is 0 Å². The molecule has 64 valence electrons. The first-order valence-corrected chi connectivity index (χ1v) is 3.22. The number of rotatable bonds is 1. The van der Waals surface area contributed by atoms with Crippen LogP contribution in [0.2, 0.25) is 0 Å². The topological polar surface area (TPSA) is 53.0 Å². The fourth-order valence-electron chi connectivity index (χ4n) is 0.771. The van der Waals surface area contributed by atoms with E-state index in [4.69, 9.17) is 11.1 Å². The first kappa shape index (κ1) is 10.8. The van der Waals surface area contributed by atoms with Gasteiger partial charge in [0.25, 0.3) is 0 Å². The van der Waals surface area contributed by atoms with Crippen LogP contribution in [0.25, 0.3) is 0 Å². The molecule has 0 aromatic heterocycles. The minimum atomic E-state index is 0. The van der Waals surface area contributed by atoms with Crippen molar-refractivity contribution in [2.24, 2.45) is 5.84 Å². The third-order valence-electron chi connectivity index (χ3n) is 1.40. The van der Waals surface area contributed by atoms with Crippen molar-refractivity contribution in [3.8, 4) is 6.07 Å². The molecule has 2 N–H and O–H groups in total. The number of hydrazine groups is 1. The molecule has 0 fully saturated rings. The van der Waals surface area contributed by atoms with E-state index in [2.05, 4.69) is 0 Å². The molecule has 0 unspecified atom stereocenters. The normalized spacial score (nSPS) is 8.08. The van der Waals surface area contributed by atoms with E-state index in [-0.39, 0.29) is 12.4 Å². The summed E-state index contributed by atoms with van der Waals surface area (Å²) in [5.41, 5.74) is 1.54. The number of nitrogens with two attached hydrogens (primary N) is 1. The van der Waals surface area contributed by atoms with Gasteiger partial charge in [-0.1, -0.05) is 0 Å². The number of anilines is 1. The minimum Gasteiger partial charge on any atom is -0.314 e. The first-order chi connectivity index (χ1) is 5.24. The molecule has 12 heavy (non-hydrogen) atoms. The van der Waals surface area contributed by atoms with E-state index < -0.39 is 0 Å². The van der Waals surface area contributed by atoms with Gasteiger partial charge in [0, 0.05) is 7.05 Å². The van der Waals surface area contributed by atoms with E-state index in [1.54, 1.807) is 31.3 Å². The molecule has 3 nitrogen and oxygen atoms in total. The summed E-state index contributed by atoms with van der Waals surface area (Å²) in [7, 11) is 1.75. The van der Waals surface area contributed by atoms with Crippen LogP contribution in [0.15, 0.2) is 24.3 Å². The van der Waals surface area contributed by atoms with Gasteiger partial charge in [0.05, 0.1) is 17.3 Å². The lowest BCUT2D eigenvalue weighted by Gasteiger charge is -2.10. The van der Waals surface area contributed by atoms with Gasteiger partial charge in [-0.3, -0.25) is 0 Å². The molecular weight excluding hydrogens is 174 g/mol. The molecule has 0 spiro atoms. The molecule has 0 bridgehead atoms. The average molecular weight is 184 g/mol. The van der Waals surface area contributed by atoms with Crippen LogP contribution in [-0.2, 0) is 0 Å². The van der Waals surface area contributed by atoms with Crippen LogP contribution in [0, 0.1) is 11.3 Å². The second kappa shape index (κ2) is 4.60. The molecule has 0 aliphatic heterocycles. The predicted molar refractivity (Wildman–Crippen MR) is 51.0 cm³/mol. The number of nitriles is 1. The second-order valence-electron chi connectivity index (χ2n) is 2.27. The van der Waals surface area contributed by atoms with Crippen LogP contribution in [0.1, 0.15) is 5.56 Å². The fourth-order valence-corrected chi connectivity index (χ4v) is 0.771. The van der Waals surface area contributed by atoms with Gasteiger partial charge in [0.2, 0.25) is 0 Å². The summed E-state index contributed by atoms with van der Waals surface area (Å²) in [4.78, 5) is 0. The van der Waals surface area contributed by atoms with Crippen molar-refractivity contribution in [3.05, 3.63) is 29.8 Å². The number of hydrogen-bond donors (Lipinski definition) is 1. The van der Waals surface area contributed by atoms with Gasteiger partial charge in [0.1, 0.15) is 0 Å². The first-order valence-electron chi connectivity index (χ1n) is 3.22. The summed E-state index contributed by atoms with van der Waals surface area (Å²) < 4.78 is 0. The van der Waals surface area contributed by atoms with Crippen molar-refractivity contribution in [3.63, 3.8) is 0 Å². The Kier molecular flexibility index (Phi) is 4.12. The van der Waals surface area contributed by atoms with E-state index in [0.29, 0.717) is 5.56 Å². The Morgan fingerprint density at radius 1 is 1.33 bits per heavy atom. The van der Waals surface area contributed by atoms with Crippen LogP contribution in [0.5, 0.6) is 0 Å². The Bertz CT molecular complexity index is 273. The van der Waals surface area contributed by atoms with Crippen molar-refractivity contribution < 1.29 is 0 Å². The standard InChI is InChI=1S/C8H9N3.ClH/c1-11(10)8-4-2-7(6-9)3-5-8;/h2-5H,10H2,1H3;1H. The quantitative estimate of drug-likeness (QED) is 0.527. The molecule has 0 atom stereocenters. The van der Waals surface area contributed by atoms with Gasteiger partial charge in [-0.25, -0.2) is 5.84 Å². The fraction of sp³-hybridized carbons (Fsp3) is 0.125. The summed E-state index contributed by atoms with van der Waals surface area (Å²) in [6.45, 7) is 0. The van der Waals surface area contributed by atoms with Crippen molar-refractivity contribution in [1.29, 1.82) is 5.26 Å². The second-order valence-corrected chi connectivity index (χ2v) is 2.27. The highest BCUT2D eigenvalue weighted by Crippen LogP contribution is 2.09. The average Bonchev–Trinajstić information content (AvgIpc) is 2.05. The van der Waals surface area contributed by atoms with Gasteiger partial charge in [-0.15, -0.1) is 12.4 Å². The highest BCUT2D eigenvalue weighted by molar-refractivity contribution is 5.85. The van der Waals surface area contributed by atoms with Crippen LogP contribution in [0.4, 0.5) is 5.69 Å². The maximum absolute atomic E-state index is 8.47. The highest BCUT2D eigenvalue weighted by Gasteiger charge is 1.93. The smallest absolute Gasteiger partial charge is 0.0991 e. The van der Waals surface area contributed by atoms with Crippen molar-refractivity contribution >= 4 is 18.1 Å². The zero-order valence-corrected chi connectivity index (χ0v) is 7.51. The van der Waals surface area contributed by atoms with Crippen LogP contribution >= 0.6 is 12.4 Å². The highest BCUT2D eigenvalue weighted by atomic mass is 35.5. The summed E-state index contributed by atoms with van der Waals surface area (Å²) >= 11 is 0. The van der Waals surface area contributed by atoms with E-state index in [0.717, 1.165) is 5.69 Å². The molecule has 0 radical (unpaired) electrons. The summed E-state index contributed by atoms with van der Waals surface area (Å²) in [6, 6.07) is 9.11. The Hall–Kier alpha value is -1.24. The maximum atomic E-state index is 8.47. The third kappa shape index (κ3) is 2.42. The van der Waals surface area contributed by atoms with Crippen LogP contribution in [-0.4, -0.2) is 7.05 Å². The Balaban J connectivity index is 0.00000121. The monoisotopic (exact) mass is 183 g/mol. The number of benzene rings is 1. The molecule has 0 aliphatic carbocycles. The van der Waals surface area contributed by atoms with Crippen LogP contribution < -0.4 is 10.9 Å². The van der Waals surface area contributed by atoms with E-state index in [9.17, 15) is 0 Å². The number of halogens is 1. The molecule has 0 saturated heterocycles. The molecule has 4 heteroatoms. The zero-order chi connectivity index (χ0) is 8.27. The number of nitrogens with zero attached hydrogens (tertiary/aromatic N) is 2. The Morgan fingerprint density at radius 2 is 1.83 bits per heavy atom. The van der Waals surface area contributed by atoms with E-state index >= 15 is 0 Å². The molecule has 0 saturated carbocycles. The summed E-state index contributed by atoms with van der Waals surface area (Å²) in [6.07, 6.45) is 0. The van der Waals surface area contributed by atoms with Crippen LogP contribution in [0.3, 0.4) is 0 Å². The third-order valence-corrected chi connectivity index (χ3v) is 1.40. The minimum absolute atomic E-state index is 0. The molecule has 0 heterocycles. The molecule has 1 rings (SSSR count). The molecule has 1 aromatic rings.